The molecule has 24 heavy (non-hydrogen) atoms. The Kier molecular flexibility index (Phi) is 5.42. The van der Waals surface area contributed by atoms with E-state index >= 15 is 0 Å². The van der Waals surface area contributed by atoms with Crippen molar-refractivity contribution in [3.63, 3.8) is 0 Å². The monoisotopic (exact) mass is 322 g/mol. The second-order valence-electron chi connectivity index (χ2n) is 5.04. The molecule has 0 spiro atoms. The highest BCUT2D eigenvalue weighted by molar-refractivity contribution is 6.05. The van der Waals surface area contributed by atoms with Crippen LogP contribution < -0.4 is 5.32 Å². The number of carbonyl (C=O) groups excluding carboxylic acids is 2. The molecule has 120 valence electrons. The van der Waals surface area contributed by atoms with Crippen molar-refractivity contribution in [2.24, 2.45) is 0 Å². The van der Waals surface area contributed by atoms with E-state index in [0.29, 0.717) is 22.4 Å². The molecule has 0 bridgehead atoms. The summed E-state index contributed by atoms with van der Waals surface area (Å²) in [4.78, 5) is 34.4. The van der Waals surface area contributed by atoms with Crippen LogP contribution in [0.5, 0.6) is 0 Å². The highest BCUT2D eigenvalue weighted by Crippen LogP contribution is 2.14. The number of benzene rings is 2. The molecule has 1 amide bonds. The highest BCUT2D eigenvalue weighted by atomic mass is 16.4. The molecule has 0 aliphatic rings. The van der Waals surface area contributed by atoms with Crippen molar-refractivity contribution in [2.45, 2.75) is 12.8 Å². The molecule has 0 unspecified atom stereocenters. The number of nitriles is 1. The van der Waals surface area contributed by atoms with Crippen molar-refractivity contribution in [1.82, 2.24) is 0 Å². The van der Waals surface area contributed by atoms with Crippen LogP contribution >= 0.6 is 0 Å². The molecule has 2 rings (SSSR count). The zero-order valence-electron chi connectivity index (χ0n) is 12.7. The van der Waals surface area contributed by atoms with Crippen LogP contribution in [-0.2, 0) is 4.79 Å². The smallest absolute Gasteiger partial charge is 0.303 e. The van der Waals surface area contributed by atoms with Gasteiger partial charge in [0.2, 0.25) is 0 Å². The lowest BCUT2D eigenvalue weighted by molar-refractivity contribution is -0.136. The fourth-order valence-corrected chi connectivity index (χ4v) is 2.04. The molecule has 2 aromatic rings. The second-order valence-corrected chi connectivity index (χ2v) is 5.04. The highest BCUT2D eigenvalue weighted by Gasteiger charge is 2.10. The molecule has 0 aromatic heterocycles. The minimum Gasteiger partial charge on any atom is -0.481 e. The Hall–Kier alpha value is -3.46. The largest absolute Gasteiger partial charge is 0.481 e. The average Bonchev–Trinajstić information content (AvgIpc) is 2.60. The maximum atomic E-state index is 12.1. The van der Waals surface area contributed by atoms with Crippen molar-refractivity contribution in [3.05, 3.63) is 65.2 Å². The number of carbonyl (C=O) groups is 3. The lowest BCUT2D eigenvalue weighted by Crippen LogP contribution is -2.12. The lowest BCUT2D eigenvalue weighted by Gasteiger charge is -2.06. The molecule has 0 fully saturated rings. The summed E-state index contributed by atoms with van der Waals surface area (Å²) in [6, 6.07) is 14.5. The van der Waals surface area contributed by atoms with E-state index in [0.717, 1.165) is 0 Å². The number of nitrogens with one attached hydrogen (secondary N) is 1. The van der Waals surface area contributed by atoms with E-state index < -0.39 is 5.97 Å². The maximum Gasteiger partial charge on any atom is 0.303 e. The number of carboxylic acids is 1. The third-order valence-corrected chi connectivity index (χ3v) is 3.28. The van der Waals surface area contributed by atoms with Gasteiger partial charge >= 0.3 is 5.97 Å². The van der Waals surface area contributed by atoms with Crippen molar-refractivity contribution in [2.75, 3.05) is 5.32 Å². The van der Waals surface area contributed by atoms with Crippen molar-refractivity contribution in [1.29, 1.82) is 5.26 Å². The van der Waals surface area contributed by atoms with Gasteiger partial charge in [-0.05, 0) is 42.5 Å². The first kappa shape index (κ1) is 16.9. The van der Waals surface area contributed by atoms with Crippen molar-refractivity contribution < 1.29 is 19.5 Å². The molecule has 0 atom stereocenters. The standard InChI is InChI=1S/C18H14N2O4/c19-11-12-2-1-3-14(10-12)18(24)20-15-6-4-13(5-7-15)16(21)8-9-17(22)23/h1-7,10H,8-9H2,(H,20,24)(H,22,23). The summed E-state index contributed by atoms with van der Waals surface area (Å²) in [7, 11) is 0. The van der Waals surface area contributed by atoms with E-state index in [2.05, 4.69) is 5.32 Å². The molecule has 0 saturated carbocycles. The number of ketones is 1. The van der Waals surface area contributed by atoms with Gasteiger partial charge < -0.3 is 10.4 Å². The summed E-state index contributed by atoms with van der Waals surface area (Å²) < 4.78 is 0. The zero-order chi connectivity index (χ0) is 17.5. The Labute approximate surface area is 138 Å². The molecular formula is C18H14N2O4. The maximum absolute atomic E-state index is 12.1. The number of amides is 1. The molecule has 0 radical (unpaired) electrons. The number of nitrogens with zero attached hydrogens (tertiary/aromatic N) is 1. The number of anilines is 1. The van der Waals surface area contributed by atoms with Crippen LogP contribution in [0, 0.1) is 11.3 Å². The summed E-state index contributed by atoms with van der Waals surface area (Å²) in [6.45, 7) is 0. The number of hydrogen-bond acceptors (Lipinski definition) is 4. The number of aliphatic carboxylic acids is 1. The van der Waals surface area contributed by atoms with Gasteiger partial charge in [0.05, 0.1) is 18.1 Å². The lowest BCUT2D eigenvalue weighted by atomic mass is 10.1. The zero-order valence-corrected chi connectivity index (χ0v) is 12.7. The molecule has 2 N–H and O–H groups in total. The van der Waals surface area contributed by atoms with Gasteiger partial charge in [-0.15, -0.1) is 0 Å². The van der Waals surface area contributed by atoms with E-state index in [4.69, 9.17) is 10.4 Å². The van der Waals surface area contributed by atoms with E-state index in [1.807, 2.05) is 6.07 Å². The minimum atomic E-state index is -1.02. The minimum absolute atomic E-state index is 0.0675. The Bertz CT molecular complexity index is 820. The number of carboxylic acid groups (broad SMARTS) is 1. The summed E-state index contributed by atoms with van der Waals surface area (Å²) in [5, 5.41) is 20.1. The number of Topliss-reactive ketones (excluding diaryl/α,β-unsaturated/α-hetero) is 1. The van der Waals surface area contributed by atoms with Gasteiger partial charge in [0.25, 0.3) is 5.91 Å². The number of rotatable bonds is 6. The van der Waals surface area contributed by atoms with E-state index in [-0.39, 0.29) is 24.5 Å². The quantitative estimate of drug-likeness (QED) is 0.795. The van der Waals surface area contributed by atoms with Crippen LogP contribution in [0.2, 0.25) is 0 Å². The summed E-state index contributed by atoms with van der Waals surface area (Å²) >= 11 is 0. The first-order valence-electron chi connectivity index (χ1n) is 7.16. The molecule has 2 aromatic carbocycles. The van der Waals surface area contributed by atoms with Crippen LogP contribution in [0.25, 0.3) is 0 Å². The van der Waals surface area contributed by atoms with Crippen LogP contribution in [0.4, 0.5) is 5.69 Å². The summed E-state index contributed by atoms with van der Waals surface area (Å²) in [5.74, 6) is -1.65. The van der Waals surface area contributed by atoms with E-state index in [9.17, 15) is 14.4 Å². The Morgan fingerprint density at radius 3 is 2.33 bits per heavy atom. The normalized spacial score (nSPS) is 9.79. The van der Waals surface area contributed by atoms with Gasteiger partial charge in [-0.25, -0.2) is 0 Å². The third kappa shape index (κ3) is 4.52. The average molecular weight is 322 g/mol. The third-order valence-electron chi connectivity index (χ3n) is 3.28. The summed E-state index contributed by atoms with van der Waals surface area (Å²) in [6.07, 6.45) is -0.283. The first-order chi connectivity index (χ1) is 11.5. The molecular weight excluding hydrogens is 308 g/mol. The fraction of sp³-hybridized carbons (Fsp3) is 0.111. The SMILES string of the molecule is N#Cc1cccc(C(=O)Nc2ccc(C(=O)CCC(=O)O)cc2)c1. The molecule has 0 heterocycles. The Morgan fingerprint density at radius 2 is 1.71 bits per heavy atom. The number of hydrogen-bond donors (Lipinski definition) is 2. The van der Waals surface area contributed by atoms with Crippen molar-refractivity contribution >= 4 is 23.3 Å². The van der Waals surface area contributed by atoms with Crippen LogP contribution in [0.3, 0.4) is 0 Å². The van der Waals surface area contributed by atoms with Gasteiger partial charge in [-0.1, -0.05) is 6.07 Å². The first-order valence-corrected chi connectivity index (χ1v) is 7.16. The van der Waals surface area contributed by atoms with Crippen LogP contribution in [0.15, 0.2) is 48.5 Å². The second kappa shape index (κ2) is 7.70. The molecule has 6 nitrogen and oxygen atoms in total. The molecule has 6 heteroatoms. The molecule has 0 aliphatic carbocycles. The Morgan fingerprint density at radius 1 is 1.00 bits per heavy atom. The van der Waals surface area contributed by atoms with Crippen LogP contribution in [0.1, 0.15) is 39.1 Å². The summed E-state index contributed by atoms with van der Waals surface area (Å²) in [5.41, 5.74) is 1.63. The van der Waals surface area contributed by atoms with Gasteiger partial charge in [-0.3, -0.25) is 14.4 Å². The van der Waals surface area contributed by atoms with Gasteiger partial charge in [0, 0.05) is 23.2 Å². The Balaban J connectivity index is 2.03. The predicted octanol–water partition coefficient (Wildman–Crippen LogP) is 2.86. The van der Waals surface area contributed by atoms with E-state index in [1.54, 1.807) is 30.3 Å². The molecule has 0 saturated heterocycles. The van der Waals surface area contributed by atoms with Gasteiger partial charge in [0.1, 0.15) is 0 Å². The van der Waals surface area contributed by atoms with Gasteiger partial charge in [0.15, 0.2) is 5.78 Å². The topological polar surface area (TPSA) is 107 Å². The van der Waals surface area contributed by atoms with Crippen molar-refractivity contribution in [3.8, 4) is 6.07 Å². The fourth-order valence-electron chi connectivity index (χ4n) is 2.04. The molecule has 0 aliphatic heterocycles. The predicted molar refractivity (Wildman–Crippen MR) is 86.8 cm³/mol. The van der Waals surface area contributed by atoms with E-state index in [1.165, 1.54) is 18.2 Å². The van der Waals surface area contributed by atoms with Gasteiger partial charge in [-0.2, -0.15) is 5.26 Å². The van der Waals surface area contributed by atoms with Crippen LogP contribution in [-0.4, -0.2) is 22.8 Å².